The van der Waals surface area contributed by atoms with Gasteiger partial charge in [-0.3, -0.25) is 9.55 Å². The van der Waals surface area contributed by atoms with E-state index in [2.05, 4.69) is 9.97 Å². The number of hydrogen-bond acceptors (Lipinski definition) is 4. The first-order valence-electron chi connectivity index (χ1n) is 6.26. The minimum absolute atomic E-state index is 0.274. The molecule has 0 bridgehead atoms. The summed E-state index contributed by atoms with van der Waals surface area (Å²) in [4.78, 5) is 8.73. The Bertz CT molecular complexity index is 753. The zero-order valence-corrected chi connectivity index (χ0v) is 10.6. The van der Waals surface area contributed by atoms with Gasteiger partial charge in [-0.05, 0) is 24.3 Å². The highest BCUT2D eigenvalue weighted by atomic mass is 16.7. The van der Waals surface area contributed by atoms with Crippen LogP contribution in [0.15, 0.2) is 55.0 Å². The van der Waals surface area contributed by atoms with E-state index in [-0.39, 0.29) is 6.79 Å². The molecule has 0 fully saturated rings. The third-order valence-corrected chi connectivity index (χ3v) is 3.17. The van der Waals surface area contributed by atoms with Gasteiger partial charge in [-0.1, -0.05) is 6.07 Å². The molecule has 5 nitrogen and oxygen atoms in total. The van der Waals surface area contributed by atoms with Gasteiger partial charge in [-0.25, -0.2) is 4.98 Å². The van der Waals surface area contributed by atoms with Crippen LogP contribution in [0.2, 0.25) is 0 Å². The van der Waals surface area contributed by atoms with Gasteiger partial charge in [-0.15, -0.1) is 0 Å². The average Bonchev–Trinajstić information content (AvgIpc) is 3.16. The topological polar surface area (TPSA) is 49.2 Å². The van der Waals surface area contributed by atoms with Crippen LogP contribution in [0.1, 0.15) is 0 Å². The summed E-state index contributed by atoms with van der Waals surface area (Å²) < 4.78 is 12.7. The van der Waals surface area contributed by atoms with Crippen molar-refractivity contribution in [1.29, 1.82) is 0 Å². The number of nitrogens with zero attached hydrogens (tertiary/aromatic N) is 3. The van der Waals surface area contributed by atoms with Crippen molar-refractivity contribution in [2.75, 3.05) is 6.79 Å². The zero-order chi connectivity index (χ0) is 13.4. The number of imidazole rings is 1. The van der Waals surface area contributed by atoms with Crippen LogP contribution in [0.25, 0.3) is 17.2 Å². The Hall–Kier alpha value is -2.82. The van der Waals surface area contributed by atoms with Crippen LogP contribution in [-0.2, 0) is 0 Å². The Balaban J connectivity index is 1.82. The molecule has 3 heterocycles. The molecule has 1 aromatic carbocycles. The lowest BCUT2D eigenvalue weighted by atomic mass is 10.2. The van der Waals surface area contributed by atoms with Crippen molar-refractivity contribution < 1.29 is 9.47 Å². The molecule has 0 spiro atoms. The summed E-state index contributed by atoms with van der Waals surface area (Å²) >= 11 is 0. The number of fused-ring (bicyclic) bond motifs is 1. The summed E-state index contributed by atoms with van der Waals surface area (Å²) in [6.07, 6.45) is 5.42. The van der Waals surface area contributed by atoms with Gasteiger partial charge < -0.3 is 9.47 Å². The molecule has 1 aliphatic rings. The van der Waals surface area contributed by atoms with E-state index in [0.717, 1.165) is 28.7 Å². The van der Waals surface area contributed by atoms with E-state index in [0.29, 0.717) is 0 Å². The number of rotatable bonds is 2. The fraction of sp³-hybridized carbons (Fsp3) is 0.0667. The second kappa shape index (κ2) is 4.38. The SMILES string of the molecule is c1ccc(-c2nccn2-c2ccc3c(c2)OCO3)nc1. The smallest absolute Gasteiger partial charge is 0.231 e. The van der Waals surface area contributed by atoms with Crippen molar-refractivity contribution >= 4 is 0 Å². The number of ether oxygens (including phenoxy) is 2. The van der Waals surface area contributed by atoms with E-state index in [1.54, 1.807) is 12.4 Å². The predicted molar refractivity (Wildman–Crippen MR) is 72.9 cm³/mol. The van der Waals surface area contributed by atoms with Crippen LogP contribution >= 0.6 is 0 Å². The molecule has 20 heavy (non-hydrogen) atoms. The minimum atomic E-state index is 0.274. The molecule has 0 amide bonds. The maximum Gasteiger partial charge on any atom is 0.231 e. The first-order valence-corrected chi connectivity index (χ1v) is 6.26. The van der Waals surface area contributed by atoms with Crippen molar-refractivity contribution in [3.05, 3.63) is 55.0 Å². The van der Waals surface area contributed by atoms with Crippen LogP contribution in [0.5, 0.6) is 11.5 Å². The third kappa shape index (κ3) is 1.72. The molecule has 0 unspecified atom stereocenters. The number of hydrogen-bond donors (Lipinski definition) is 0. The van der Waals surface area contributed by atoms with Crippen LogP contribution < -0.4 is 9.47 Å². The quantitative estimate of drug-likeness (QED) is 0.714. The summed E-state index contributed by atoms with van der Waals surface area (Å²) in [5, 5.41) is 0. The fourth-order valence-corrected chi connectivity index (χ4v) is 2.23. The Labute approximate surface area is 115 Å². The van der Waals surface area contributed by atoms with E-state index >= 15 is 0 Å². The zero-order valence-electron chi connectivity index (χ0n) is 10.6. The van der Waals surface area contributed by atoms with Crippen molar-refractivity contribution in [3.63, 3.8) is 0 Å². The Morgan fingerprint density at radius 1 is 0.950 bits per heavy atom. The molecule has 2 aromatic heterocycles. The van der Waals surface area contributed by atoms with Crippen LogP contribution in [-0.4, -0.2) is 21.3 Å². The van der Waals surface area contributed by atoms with Crippen molar-refractivity contribution in [1.82, 2.24) is 14.5 Å². The van der Waals surface area contributed by atoms with Gasteiger partial charge in [0.15, 0.2) is 17.3 Å². The van der Waals surface area contributed by atoms with E-state index in [1.807, 2.05) is 47.2 Å². The summed E-state index contributed by atoms with van der Waals surface area (Å²) in [5.41, 5.74) is 1.79. The monoisotopic (exact) mass is 265 g/mol. The van der Waals surface area contributed by atoms with Gasteiger partial charge >= 0.3 is 0 Å². The lowest BCUT2D eigenvalue weighted by Gasteiger charge is -2.08. The summed E-state index contributed by atoms with van der Waals surface area (Å²) in [6.45, 7) is 0.274. The molecule has 0 saturated carbocycles. The molecular formula is C15H11N3O2. The molecule has 5 heteroatoms. The van der Waals surface area contributed by atoms with Crippen LogP contribution in [0.3, 0.4) is 0 Å². The maximum absolute atomic E-state index is 5.41. The highest BCUT2D eigenvalue weighted by molar-refractivity contribution is 5.57. The predicted octanol–water partition coefficient (Wildman–Crippen LogP) is 2.66. The molecule has 0 N–H and O–H groups in total. The summed E-state index contributed by atoms with van der Waals surface area (Å²) in [5.74, 6) is 2.32. The van der Waals surface area contributed by atoms with Crippen LogP contribution in [0.4, 0.5) is 0 Å². The first-order chi connectivity index (χ1) is 9.92. The Morgan fingerprint density at radius 2 is 1.90 bits per heavy atom. The number of benzene rings is 1. The molecule has 0 atom stereocenters. The third-order valence-electron chi connectivity index (χ3n) is 3.17. The molecule has 0 radical (unpaired) electrons. The highest BCUT2D eigenvalue weighted by Crippen LogP contribution is 2.34. The highest BCUT2D eigenvalue weighted by Gasteiger charge is 2.15. The second-order valence-electron chi connectivity index (χ2n) is 4.37. The van der Waals surface area contributed by atoms with Gasteiger partial charge in [0, 0.05) is 24.7 Å². The van der Waals surface area contributed by atoms with Gasteiger partial charge in [0.2, 0.25) is 6.79 Å². The van der Waals surface area contributed by atoms with E-state index in [9.17, 15) is 0 Å². The Morgan fingerprint density at radius 3 is 2.80 bits per heavy atom. The Kier molecular flexibility index (Phi) is 2.42. The molecular weight excluding hydrogens is 254 g/mol. The summed E-state index contributed by atoms with van der Waals surface area (Å²) in [6, 6.07) is 11.6. The van der Waals surface area contributed by atoms with E-state index in [1.165, 1.54) is 0 Å². The van der Waals surface area contributed by atoms with Gasteiger partial charge in [0.05, 0.1) is 5.69 Å². The molecule has 0 saturated heterocycles. The first kappa shape index (κ1) is 11.0. The number of pyridine rings is 1. The summed E-state index contributed by atoms with van der Waals surface area (Å²) in [7, 11) is 0. The van der Waals surface area contributed by atoms with E-state index < -0.39 is 0 Å². The van der Waals surface area contributed by atoms with Gasteiger partial charge in [-0.2, -0.15) is 0 Å². The number of aromatic nitrogens is 3. The molecule has 4 rings (SSSR count). The van der Waals surface area contributed by atoms with Gasteiger partial charge in [0.25, 0.3) is 0 Å². The molecule has 1 aliphatic heterocycles. The van der Waals surface area contributed by atoms with Crippen LogP contribution in [0, 0.1) is 0 Å². The van der Waals surface area contributed by atoms with Crippen molar-refractivity contribution in [2.45, 2.75) is 0 Å². The lowest BCUT2D eigenvalue weighted by Crippen LogP contribution is -1.97. The van der Waals surface area contributed by atoms with Crippen molar-refractivity contribution in [2.24, 2.45) is 0 Å². The average molecular weight is 265 g/mol. The largest absolute Gasteiger partial charge is 0.454 e. The fourth-order valence-electron chi connectivity index (χ4n) is 2.23. The lowest BCUT2D eigenvalue weighted by molar-refractivity contribution is 0.174. The minimum Gasteiger partial charge on any atom is -0.454 e. The second-order valence-corrected chi connectivity index (χ2v) is 4.37. The normalized spacial score (nSPS) is 12.6. The molecule has 3 aromatic rings. The van der Waals surface area contributed by atoms with E-state index in [4.69, 9.17) is 9.47 Å². The molecule has 98 valence electrons. The van der Waals surface area contributed by atoms with Gasteiger partial charge in [0.1, 0.15) is 5.69 Å². The standard InChI is InChI=1S/C15H11N3O2/c1-2-6-16-12(3-1)15-17-7-8-18(15)11-4-5-13-14(9-11)20-10-19-13/h1-9H,10H2. The van der Waals surface area contributed by atoms with Crippen molar-refractivity contribution in [3.8, 4) is 28.7 Å². The molecule has 0 aliphatic carbocycles. The maximum atomic E-state index is 5.41.